The molecule has 6 heteroatoms. The molecule has 2 aromatic rings. The minimum atomic E-state index is -0.482. The summed E-state index contributed by atoms with van der Waals surface area (Å²) in [6.45, 7) is 2.29. The van der Waals surface area contributed by atoms with Gasteiger partial charge >= 0.3 is 6.09 Å². The zero-order valence-electron chi connectivity index (χ0n) is 14.6. The van der Waals surface area contributed by atoms with Crippen molar-refractivity contribution in [2.24, 2.45) is 11.0 Å². The largest absolute Gasteiger partial charge is 0.449 e. The zero-order valence-corrected chi connectivity index (χ0v) is 14.6. The Labute approximate surface area is 152 Å². The van der Waals surface area contributed by atoms with E-state index < -0.39 is 6.09 Å². The fraction of sp³-hybridized carbons (Fsp3) is 0.250. The molecule has 1 heterocycles. The zero-order chi connectivity index (χ0) is 18.4. The third kappa shape index (κ3) is 4.69. The summed E-state index contributed by atoms with van der Waals surface area (Å²) in [6, 6.07) is 17.2. The van der Waals surface area contributed by atoms with E-state index in [1.165, 1.54) is 0 Å². The van der Waals surface area contributed by atoms with Crippen LogP contribution in [0.5, 0.6) is 0 Å². The monoisotopic (exact) mass is 351 g/mol. The molecule has 0 saturated carbocycles. The lowest BCUT2D eigenvalue weighted by molar-refractivity contribution is -0.121. The van der Waals surface area contributed by atoms with Gasteiger partial charge in [0.15, 0.2) is 0 Å². The van der Waals surface area contributed by atoms with Gasteiger partial charge in [0.25, 0.3) is 0 Å². The summed E-state index contributed by atoms with van der Waals surface area (Å²) in [4.78, 5) is 23.2. The van der Waals surface area contributed by atoms with E-state index >= 15 is 0 Å². The predicted molar refractivity (Wildman–Crippen MR) is 100 cm³/mol. The highest BCUT2D eigenvalue weighted by Gasteiger charge is 2.21. The van der Waals surface area contributed by atoms with Crippen molar-refractivity contribution >= 4 is 23.4 Å². The number of carbonyl (C=O) groups excluding carboxylic acids is 2. The number of nitrogens with one attached hydrogen (secondary N) is 2. The molecule has 26 heavy (non-hydrogen) atoms. The second kappa shape index (κ2) is 8.29. The average molecular weight is 351 g/mol. The Balaban J connectivity index is 1.51. The molecule has 3 rings (SSSR count). The second-order valence-electron chi connectivity index (χ2n) is 6.21. The molecule has 0 aromatic heterocycles. The lowest BCUT2D eigenvalue weighted by atomic mass is 9.94. The van der Waals surface area contributed by atoms with Crippen LogP contribution in [0.15, 0.2) is 59.7 Å². The van der Waals surface area contributed by atoms with Crippen LogP contribution in [0.25, 0.3) is 0 Å². The first-order valence-electron chi connectivity index (χ1n) is 8.56. The number of hydrazone groups is 1. The van der Waals surface area contributed by atoms with Crippen LogP contribution >= 0.6 is 0 Å². The Morgan fingerprint density at radius 3 is 2.62 bits per heavy atom. The van der Waals surface area contributed by atoms with E-state index in [1.54, 1.807) is 12.1 Å². The molecule has 0 saturated heterocycles. The molecular weight excluding hydrogens is 330 g/mol. The van der Waals surface area contributed by atoms with Crippen LogP contribution < -0.4 is 10.7 Å². The average Bonchev–Trinajstić information content (AvgIpc) is 2.63. The first-order chi connectivity index (χ1) is 12.6. The van der Waals surface area contributed by atoms with Crippen LogP contribution in [0, 0.1) is 5.92 Å². The molecule has 2 N–H and O–H groups in total. The number of rotatable bonds is 5. The maximum absolute atomic E-state index is 11.9. The molecule has 0 bridgehead atoms. The summed E-state index contributed by atoms with van der Waals surface area (Å²) in [7, 11) is 0. The molecule has 1 aliphatic rings. The van der Waals surface area contributed by atoms with Gasteiger partial charge in [0, 0.05) is 24.4 Å². The Morgan fingerprint density at radius 1 is 1.19 bits per heavy atom. The molecule has 1 unspecified atom stereocenters. The highest BCUT2D eigenvalue weighted by molar-refractivity contribution is 6.06. The summed E-state index contributed by atoms with van der Waals surface area (Å²) in [5.74, 6) is -0.0108. The number of benzene rings is 2. The van der Waals surface area contributed by atoms with Crippen LogP contribution in [-0.2, 0) is 16.0 Å². The van der Waals surface area contributed by atoms with Gasteiger partial charge in [0.05, 0.1) is 12.3 Å². The third-order valence-electron chi connectivity index (χ3n) is 4.15. The number of nitrogens with zero attached hydrogens (tertiary/aromatic N) is 1. The smallest absolute Gasteiger partial charge is 0.411 e. The molecule has 0 radical (unpaired) electrons. The SMILES string of the molecule is CC1CC(=O)NN=C1c1ccc(NC(=O)OCCc2ccccc2)cc1. The van der Waals surface area contributed by atoms with E-state index in [0.29, 0.717) is 25.1 Å². The van der Waals surface area contributed by atoms with Gasteiger partial charge in [-0.05, 0) is 23.3 Å². The Morgan fingerprint density at radius 2 is 1.92 bits per heavy atom. The number of carbonyl (C=O) groups is 2. The van der Waals surface area contributed by atoms with Crippen LogP contribution in [-0.4, -0.2) is 24.3 Å². The van der Waals surface area contributed by atoms with E-state index in [2.05, 4.69) is 15.8 Å². The van der Waals surface area contributed by atoms with Gasteiger partial charge in [-0.3, -0.25) is 10.1 Å². The van der Waals surface area contributed by atoms with Crippen molar-refractivity contribution in [2.45, 2.75) is 19.8 Å². The number of hydrogen-bond acceptors (Lipinski definition) is 4. The molecule has 1 atom stereocenters. The number of amides is 2. The maximum Gasteiger partial charge on any atom is 0.411 e. The van der Waals surface area contributed by atoms with E-state index in [1.807, 2.05) is 49.4 Å². The van der Waals surface area contributed by atoms with Crippen molar-refractivity contribution in [1.29, 1.82) is 0 Å². The first-order valence-corrected chi connectivity index (χ1v) is 8.56. The van der Waals surface area contributed by atoms with Crippen LogP contribution in [0.3, 0.4) is 0 Å². The Hall–Kier alpha value is -3.15. The molecule has 2 aromatic carbocycles. The first kappa shape index (κ1) is 17.7. The Bertz CT molecular complexity index is 801. The van der Waals surface area contributed by atoms with Crippen LogP contribution in [0.2, 0.25) is 0 Å². The van der Waals surface area contributed by atoms with E-state index in [-0.39, 0.29) is 11.8 Å². The van der Waals surface area contributed by atoms with Crippen molar-refractivity contribution in [3.8, 4) is 0 Å². The molecule has 0 fully saturated rings. The third-order valence-corrected chi connectivity index (χ3v) is 4.15. The molecule has 6 nitrogen and oxygen atoms in total. The van der Waals surface area contributed by atoms with Gasteiger partial charge in [-0.15, -0.1) is 0 Å². The molecule has 0 aliphatic carbocycles. The van der Waals surface area contributed by atoms with E-state index in [0.717, 1.165) is 16.8 Å². The summed E-state index contributed by atoms with van der Waals surface area (Å²) in [6.07, 6.45) is 0.618. The van der Waals surface area contributed by atoms with Crippen LogP contribution in [0.4, 0.5) is 10.5 Å². The van der Waals surface area contributed by atoms with Gasteiger partial charge in [0.1, 0.15) is 0 Å². The normalized spacial score (nSPS) is 16.4. The van der Waals surface area contributed by atoms with Crippen molar-refractivity contribution in [1.82, 2.24) is 5.43 Å². The molecule has 2 amide bonds. The minimum absolute atomic E-state index is 0.0607. The summed E-state index contributed by atoms with van der Waals surface area (Å²) < 4.78 is 5.20. The number of hydrogen-bond donors (Lipinski definition) is 2. The van der Waals surface area contributed by atoms with Crippen LogP contribution in [0.1, 0.15) is 24.5 Å². The van der Waals surface area contributed by atoms with Gasteiger partial charge in [-0.2, -0.15) is 5.10 Å². The molecular formula is C20H21N3O3. The summed E-state index contributed by atoms with van der Waals surface area (Å²) in [5, 5.41) is 6.83. The van der Waals surface area contributed by atoms with Crippen molar-refractivity contribution in [2.75, 3.05) is 11.9 Å². The quantitative estimate of drug-likeness (QED) is 0.867. The fourth-order valence-electron chi connectivity index (χ4n) is 2.79. The maximum atomic E-state index is 11.9. The molecule has 1 aliphatic heterocycles. The fourth-order valence-corrected chi connectivity index (χ4v) is 2.79. The predicted octanol–water partition coefficient (Wildman–Crippen LogP) is 3.34. The van der Waals surface area contributed by atoms with Gasteiger partial charge < -0.3 is 4.74 Å². The van der Waals surface area contributed by atoms with Crippen molar-refractivity contribution < 1.29 is 14.3 Å². The lowest BCUT2D eigenvalue weighted by Gasteiger charge is -2.19. The highest BCUT2D eigenvalue weighted by atomic mass is 16.5. The van der Waals surface area contributed by atoms with Gasteiger partial charge in [0.2, 0.25) is 5.91 Å². The molecule has 134 valence electrons. The second-order valence-corrected chi connectivity index (χ2v) is 6.21. The topological polar surface area (TPSA) is 79.8 Å². The summed E-state index contributed by atoms with van der Waals surface area (Å²) >= 11 is 0. The standard InChI is InChI=1S/C20H21N3O3/c1-14-13-18(24)22-23-19(14)16-7-9-17(10-8-16)21-20(25)26-12-11-15-5-3-2-4-6-15/h2-10,14H,11-13H2,1H3,(H,21,25)(H,22,24). The van der Waals surface area contributed by atoms with Gasteiger partial charge in [-0.25, -0.2) is 10.2 Å². The van der Waals surface area contributed by atoms with Gasteiger partial charge in [-0.1, -0.05) is 49.4 Å². The van der Waals surface area contributed by atoms with E-state index in [4.69, 9.17) is 4.74 Å². The van der Waals surface area contributed by atoms with Crippen molar-refractivity contribution in [3.63, 3.8) is 0 Å². The minimum Gasteiger partial charge on any atom is -0.449 e. The lowest BCUT2D eigenvalue weighted by Crippen LogP contribution is -2.31. The highest BCUT2D eigenvalue weighted by Crippen LogP contribution is 2.18. The summed E-state index contributed by atoms with van der Waals surface area (Å²) in [5.41, 5.74) is 6.02. The van der Waals surface area contributed by atoms with Crippen molar-refractivity contribution in [3.05, 3.63) is 65.7 Å². The number of ether oxygens (including phenoxy) is 1. The van der Waals surface area contributed by atoms with E-state index in [9.17, 15) is 9.59 Å². The molecule has 0 spiro atoms. The Kier molecular flexibility index (Phi) is 5.63. The number of anilines is 1.